The highest BCUT2D eigenvalue weighted by atomic mass is 16.2. The van der Waals surface area contributed by atoms with E-state index in [-0.39, 0.29) is 0 Å². The van der Waals surface area contributed by atoms with Crippen molar-refractivity contribution in [2.24, 2.45) is 11.8 Å². The third-order valence-electron chi connectivity index (χ3n) is 2.20. The monoisotopic (exact) mass is 155 g/mol. The van der Waals surface area contributed by atoms with E-state index in [9.17, 15) is 0 Å². The van der Waals surface area contributed by atoms with Crippen LogP contribution in [0.15, 0.2) is 0 Å². The van der Waals surface area contributed by atoms with E-state index in [1.165, 1.54) is 25.7 Å². The molecule has 2 heteroatoms. The number of hydrogen-bond acceptors (Lipinski definition) is 2. The molecule has 0 aromatic rings. The molecule has 1 rings (SSSR count). The molecule has 0 amide bonds. The Hall–Kier alpha value is -0.710. The summed E-state index contributed by atoms with van der Waals surface area (Å²) in [7, 11) is 0. The van der Waals surface area contributed by atoms with Gasteiger partial charge in [0.05, 0.1) is 0 Å². The van der Waals surface area contributed by atoms with Crippen molar-refractivity contribution in [3.8, 4) is 6.26 Å². The van der Waals surface area contributed by atoms with Crippen molar-refractivity contribution in [3.05, 3.63) is 0 Å². The van der Waals surface area contributed by atoms with E-state index in [1.807, 2.05) is 0 Å². The smallest absolute Gasteiger partial charge is 0.283 e. The Kier molecular flexibility index (Phi) is 5.64. The van der Waals surface area contributed by atoms with Crippen molar-refractivity contribution in [2.45, 2.75) is 39.5 Å². The molecule has 11 heavy (non-hydrogen) atoms. The van der Waals surface area contributed by atoms with Crippen LogP contribution in [0.5, 0.6) is 0 Å². The Morgan fingerprint density at radius 1 is 1.27 bits per heavy atom. The minimum absolute atomic E-state index is 0.750. The minimum atomic E-state index is 0.750. The Balaban J connectivity index is 0.000000292. The Labute approximate surface area is 68.8 Å². The first kappa shape index (κ1) is 10.3. The molecule has 0 aromatic heterocycles. The highest BCUT2D eigenvalue weighted by molar-refractivity contribution is 4.66. The lowest BCUT2D eigenvalue weighted by Crippen LogP contribution is -2.09. The Morgan fingerprint density at radius 2 is 1.64 bits per heavy atom. The second kappa shape index (κ2) is 6.03. The fraction of sp³-hybridized carbons (Fsp3) is 0.889. The summed E-state index contributed by atoms with van der Waals surface area (Å²) < 4.78 is 0. The molecule has 1 fully saturated rings. The van der Waals surface area contributed by atoms with E-state index in [0.717, 1.165) is 18.1 Å². The number of nitriles is 1. The van der Waals surface area contributed by atoms with Gasteiger partial charge in [0.2, 0.25) is 0 Å². The summed E-state index contributed by atoms with van der Waals surface area (Å²) in [5.41, 5.74) is 0. The first-order valence-electron chi connectivity index (χ1n) is 4.23. The molecule has 2 atom stereocenters. The Morgan fingerprint density at radius 3 is 1.82 bits per heavy atom. The van der Waals surface area contributed by atoms with Crippen LogP contribution in [-0.2, 0) is 0 Å². The van der Waals surface area contributed by atoms with Gasteiger partial charge in [0, 0.05) is 0 Å². The maximum atomic E-state index is 6.88. The fourth-order valence-corrected chi connectivity index (χ4v) is 1.74. The zero-order valence-corrected chi connectivity index (χ0v) is 7.38. The molecule has 0 radical (unpaired) electrons. The summed E-state index contributed by atoms with van der Waals surface area (Å²) >= 11 is 0. The molecular formula is C9H17NO. The lowest BCUT2D eigenvalue weighted by molar-refractivity contribution is 0.301. The molecular weight excluding hydrogens is 138 g/mol. The van der Waals surface area contributed by atoms with Crippen LogP contribution in [0.4, 0.5) is 0 Å². The molecule has 0 bridgehead atoms. The lowest BCUT2D eigenvalue weighted by Gasteiger charge is -2.22. The number of aliphatic hydroxyl groups excluding tert-OH is 1. The van der Waals surface area contributed by atoms with E-state index >= 15 is 0 Å². The van der Waals surface area contributed by atoms with Gasteiger partial charge >= 0.3 is 0 Å². The van der Waals surface area contributed by atoms with Gasteiger partial charge in [0.15, 0.2) is 0 Å². The van der Waals surface area contributed by atoms with E-state index in [0.29, 0.717) is 0 Å². The van der Waals surface area contributed by atoms with E-state index in [2.05, 4.69) is 13.8 Å². The number of hydrogen-bond donors (Lipinski definition) is 1. The Bertz CT molecular complexity index is 120. The van der Waals surface area contributed by atoms with Crippen LogP contribution < -0.4 is 0 Å². The van der Waals surface area contributed by atoms with Crippen LogP contribution in [0.2, 0.25) is 0 Å². The van der Waals surface area contributed by atoms with E-state index in [1.54, 1.807) is 0 Å². The zero-order chi connectivity index (χ0) is 8.69. The summed E-state index contributed by atoms with van der Waals surface area (Å²) in [6, 6.07) is 0. The van der Waals surface area contributed by atoms with Gasteiger partial charge in [-0.1, -0.05) is 33.1 Å². The minimum Gasteiger partial charge on any atom is -0.443 e. The average molecular weight is 155 g/mol. The van der Waals surface area contributed by atoms with Gasteiger partial charge in [-0.2, -0.15) is 5.26 Å². The summed E-state index contributed by atoms with van der Waals surface area (Å²) in [5.74, 6) is 2.03. The molecule has 0 heterocycles. The van der Waals surface area contributed by atoms with Crippen molar-refractivity contribution in [1.29, 1.82) is 5.26 Å². The molecule has 0 aromatic carbocycles. The van der Waals surface area contributed by atoms with Gasteiger partial charge < -0.3 is 5.11 Å². The summed E-state index contributed by atoms with van der Waals surface area (Å²) in [4.78, 5) is 0. The molecule has 2 unspecified atom stereocenters. The highest BCUT2D eigenvalue weighted by Gasteiger charge is 2.13. The van der Waals surface area contributed by atoms with Crippen LogP contribution in [0, 0.1) is 23.4 Å². The van der Waals surface area contributed by atoms with E-state index in [4.69, 9.17) is 10.4 Å². The first-order valence-corrected chi connectivity index (χ1v) is 4.23. The topological polar surface area (TPSA) is 44.0 Å². The van der Waals surface area contributed by atoms with Gasteiger partial charge in [0.1, 0.15) is 0 Å². The first-order chi connectivity index (χ1) is 5.20. The third-order valence-corrected chi connectivity index (χ3v) is 2.20. The molecule has 64 valence electrons. The second-order valence-corrected chi connectivity index (χ2v) is 3.48. The maximum absolute atomic E-state index is 6.88. The van der Waals surface area contributed by atoms with Gasteiger partial charge in [-0.05, 0) is 18.3 Å². The van der Waals surface area contributed by atoms with Gasteiger partial charge in [-0.15, -0.1) is 0 Å². The highest BCUT2D eigenvalue weighted by Crippen LogP contribution is 2.27. The number of aliphatic hydroxyl groups is 1. The standard InChI is InChI=1S/C8H16.CHNO/c1-7-4-3-5-8(2)6-7;2-1-3/h7-8H,3-6H2,1-2H3;3H. The van der Waals surface area contributed by atoms with Gasteiger partial charge in [0.25, 0.3) is 6.26 Å². The molecule has 1 N–H and O–H groups in total. The lowest BCUT2D eigenvalue weighted by atomic mass is 9.84. The van der Waals surface area contributed by atoms with Crippen molar-refractivity contribution in [2.75, 3.05) is 0 Å². The molecule has 1 aliphatic rings. The van der Waals surface area contributed by atoms with E-state index < -0.39 is 0 Å². The number of nitrogens with zero attached hydrogens (tertiary/aromatic N) is 1. The van der Waals surface area contributed by atoms with Crippen LogP contribution in [0.25, 0.3) is 0 Å². The largest absolute Gasteiger partial charge is 0.443 e. The average Bonchev–Trinajstić information content (AvgIpc) is 1.88. The van der Waals surface area contributed by atoms with Crippen molar-refractivity contribution in [1.82, 2.24) is 0 Å². The summed E-state index contributed by atoms with van der Waals surface area (Å²) in [6.07, 6.45) is 6.65. The normalized spacial score (nSPS) is 29.5. The van der Waals surface area contributed by atoms with Crippen molar-refractivity contribution in [3.63, 3.8) is 0 Å². The summed E-state index contributed by atoms with van der Waals surface area (Å²) in [5, 5.41) is 13.8. The second-order valence-electron chi connectivity index (χ2n) is 3.48. The predicted molar refractivity (Wildman–Crippen MR) is 44.3 cm³/mol. The maximum Gasteiger partial charge on any atom is 0.283 e. The third kappa shape index (κ3) is 5.72. The van der Waals surface area contributed by atoms with Gasteiger partial charge in [-0.25, -0.2) is 0 Å². The quantitative estimate of drug-likeness (QED) is 0.546. The molecule has 0 spiro atoms. The van der Waals surface area contributed by atoms with Crippen molar-refractivity contribution < 1.29 is 5.11 Å². The molecule has 0 aliphatic heterocycles. The fourth-order valence-electron chi connectivity index (χ4n) is 1.74. The van der Waals surface area contributed by atoms with Crippen LogP contribution >= 0.6 is 0 Å². The SMILES string of the molecule is CC1CCCC(C)C1.N#CO. The van der Waals surface area contributed by atoms with Crippen molar-refractivity contribution >= 4 is 0 Å². The van der Waals surface area contributed by atoms with Crippen LogP contribution in [0.1, 0.15) is 39.5 Å². The molecule has 1 aliphatic carbocycles. The summed E-state index contributed by atoms with van der Waals surface area (Å²) in [6.45, 7) is 4.74. The predicted octanol–water partition coefficient (Wildman–Crippen LogP) is 2.67. The molecule has 2 nitrogen and oxygen atoms in total. The number of rotatable bonds is 0. The van der Waals surface area contributed by atoms with Crippen LogP contribution in [-0.4, -0.2) is 5.11 Å². The zero-order valence-electron chi connectivity index (χ0n) is 7.38. The molecule has 0 saturated heterocycles. The van der Waals surface area contributed by atoms with Crippen LogP contribution in [0.3, 0.4) is 0 Å². The molecule has 1 saturated carbocycles. The van der Waals surface area contributed by atoms with Gasteiger partial charge in [-0.3, -0.25) is 0 Å².